The maximum absolute atomic E-state index is 12.7. The van der Waals surface area contributed by atoms with Crippen molar-refractivity contribution in [3.63, 3.8) is 0 Å². The Hall–Kier alpha value is -3.41. The van der Waals surface area contributed by atoms with Gasteiger partial charge in [-0.3, -0.25) is 14.9 Å². The number of hydrogen-bond acceptors (Lipinski definition) is 3. The molecule has 6 heteroatoms. The number of aromatic nitrogens is 1. The molecule has 1 aliphatic heterocycles. The van der Waals surface area contributed by atoms with Crippen molar-refractivity contribution in [2.45, 2.75) is 6.42 Å². The van der Waals surface area contributed by atoms with Crippen molar-refractivity contribution in [3.8, 4) is 11.1 Å². The van der Waals surface area contributed by atoms with Crippen LogP contribution in [0.4, 0.5) is 0 Å². The summed E-state index contributed by atoms with van der Waals surface area (Å²) in [7, 11) is 0. The Morgan fingerprint density at radius 1 is 0.933 bits per heavy atom. The minimum absolute atomic E-state index is 0.102. The van der Waals surface area contributed by atoms with Gasteiger partial charge in [-0.05, 0) is 35.7 Å². The summed E-state index contributed by atoms with van der Waals surface area (Å²) < 4.78 is 0. The zero-order valence-electron chi connectivity index (χ0n) is 15.8. The van der Waals surface area contributed by atoms with Crippen LogP contribution < -0.4 is 5.32 Å². The van der Waals surface area contributed by atoms with E-state index in [-0.39, 0.29) is 6.61 Å². The molecule has 3 N–H and O–H groups in total. The fraction of sp³-hybridized carbons (Fsp3) is 0.0833. The lowest BCUT2D eigenvalue weighted by molar-refractivity contribution is 0.0880. The molecule has 0 atom stereocenters. The molecule has 0 aliphatic carbocycles. The molecule has 0 saturated heterocycles. The Bertz CT molecular complexity index is 1380. The van der Waals surface area contributed by atoms with Crippen molar-refractivity contribution < 1.29 is 14.7 Å². The maximum atomic E-state index is 12.7. The Balaban J connectivity index is 1.81. The molecule has 0 radical (unpaired) electrons. The maximum Gasteiger partial charge on any atom is 0.259 e. The number of nitrogens with one attached hydrogen (secondary N) is 2. The zero-order chi connectivity index (χ0) is 20.8. The van der Waals surface area contributed by atoms with E-state index in [0.717, 1.165) is 27.4 Å². The lowest BCUT2D eigenvalue weighted by Crippen LogP contribution is -2.20. The number of amides is 2. The fourth-order valence-corrected chi connectivity index (χ4v) is 4.31. The van der Waals surface area contributed by atoms with E-state index in [0.29, 0.717) is 33.7 Å². The first-order valence-corrected chi connectivity index (χ1v) is 9.96. The Kier molecular flexibility index (Phi) is 4.42. The topological polar surface area (TPSA) is 82.2 Å². The molecule has 4 aromatic rings. The number of aliphatic hydroxyl groups excluding tert-OH is 1. The van der Waals surface area contributed by atoms with E-state index < -0.39 is 11.8 Å². The second kappa shape index (κ2) is 7.13. The average Bonchev–Trinajstić information content (AvgIpc) is 3.24. The number of carbonyl (C=O) groups excluding carboxylic acids is 2. The lowest BCUT2D eigenvalue weighted by Gasteiger charge is -2.09. The van der Waals surface area contributed by atoms with Gasteiger partial charge in [0.25, 0.3) is 11.8 Å². The van der Waals surface area contributed by atoms with E-state index in [4.69, 9.17) is 16.7 Å². The standard InChI is InChI=1S/C24H17ClN2O3/c25-17-7-2-1-6-14(17)16-12-19-20(22-21(16)23(29)27-24(22)30)15-9-8-13(5-3-4-10-28)11-18(15)26-19/h1-3,5-9,11-12,26,28H,4,10H2,(H,27,29,30). The van der Waals surface area contributed by atoms with Gasteiger partial charge in [0.15, 0.2) is 0 Å². The summed E-state index contributed by atoms with van der Waals surface area (Å²) in [5, 5.41) is 13.5. The van der Waals surface area contributed by atoms with Crippen LogP contribution in [0.25, 0.3) is 39.0 Å². The van der Waals surface area contributed by atoms with E-state index in [2.05, 4.69) is 10.3 Å². The normalized spacial score (nSPS) is 13.5. The van der Waals surface area contributed by atoms with Crippen LogP contribution in [0.2, 0.25) is 5.02 Å². The van der Waals surface area contributed by atoms with Crippen LogP contribution in [0.15, 0.2) is 54.6 Å². The smallest absolute Gasteiger partial charge is 0.259 e. The third-order valence-corrected chi connectivity index (χ3v) is 5.69. The number of rotatable bonds is 4. The van der Waals surface area contributed by atoms with Gasteiger partial charge in [0.1, 0.15) is 0 Å². The van der Waals surface area contributed by atoms with Gasteiger partial charge in [-0.25, -0.2) is 0 Å². The zero-order valence-corrected chi connectivity index (χ0v) is 16.6. The lowest BCUT2D eigenvalue weighted by atomic mass is 9.93. The van der Waals surface area contributed by atoms with Crippen LogP contribution in [0.5, 0.6) is 0 Å². The molecule has 5 nitrogen and oxygen atoms in total. The largest absolute Gasteiger partial charge is 0.396 e. The van der Waals surface area contributed by atoms with Gasteiger partial charge in [0.2, 0.25) is 0 Å². The summed E-state index contributed by atoms with van der Waals surface area (Å²) in [4.78, 5) is 28.8. The number of imide groups is 1. The monoisotopic (exact) mass is 416 g/mol. The van der Waals surface area contributed by atoms with Crippen LogP contribution in [-0.2, 0) is 0 Å². The van der Waals surface area contributed by atoms with Gasteiger partial charge in [0.05, 0.1) is 11.1 Å². The Labute approximate surface area is 177 Å². The first kappa shape index (κ1) is 18.6. The van der Waals surface area contributed by atoms with Gasteiger partial charge in [-0.1, -0.05) is 54.1 Å². The summed E-state index contributed by atoms with van der Waals surface area (Å²) in [6.45, 7) is 0.102. The van der Waals surface area contributed by atoms with E-state index in [1.807, 2.05) is 54.6 Å². The first-order chi connectivity index (χ1) is 14.6. The van der Waals surface area contributed by atoms with Crippen molar-refractivity contribution in [1.82, 2.24) is 10.3 Å². The number of aliphatic hydroxyl groups is 1. The molecule has 5 rings (SSSR count). The van der Waals surface area contributed by atoms with Crippen LogP contribution in [0.1, 0.15) is 32.7 Å². The van der Waals surface area contributed by atoms with Gasteiger partial charge in [0, 0.05) is 39.0 Å². The van der Waals surface area contributed by atoms with Crippen molar-refractivity contribution >= 4 is 51.3 Å². The molecular formula is C24H17ClN2O3. The predicted molar refractivity (Wildman–Crippen MR) is 119 cm³/mol. The third kappa shape index (κ3) is 2.83. The Morgan fingerprint density at radius 3 is 2.53 bits per heavy atom. The molecule has 2 heterocycles. The summed E-state index contributed by atoms with van der Waals surface area (Å²) >= 11 is 6.40. The third-order valence-electron chi connectivity index (χ3n) is 5.36. The summed E-state index contributed by atoms with van der Waals surface area (Å²) in [6.07, 6.45) is 4.43. The second-order valence-corrected chi connectivity index (χ2v) is 7.61. The van der Waals surface area contributed by atoms with Gasteiger partial charge < -0.3 is 10.1 Å². The molecule has 1 aliphatic rings. The molecule has 148 valence electrons. The molecule has 0 saturated carbocycles. The van der Waals surface area contributed by atoms with Crippen LogP contribution in [0, 0.1) is 0 Å². The molecular weight excluding hydrogens is 400 g/mol. The molecule has 2 amide bonds. The van der Waals surface area contributed by atoms with Crippen LogP contribution in [-0.4, -0.2) is 28.5 Å². The molecule has 0 spiro atoms. The van der Waals surface area contributed by atoms with E-state index >= 15 is 0 Å². The van der Waals surface area contributed by atoms with Crippen molar-refractivity contribution in [2.75, 3.05) is 6.61 Å². The van der Waals surface area contributed by atoms with E-state index in [1.54, 1.807) is 6.07 Å². The average molecular weight is 417 g/mol. The van der Waals surface area contributed by atoms with Crippen LogP contribution >= 0.6 is 11.6 Å². The number of hydrogen-bond donors (Lipinski definition) is 3. The number of carbonyl (C=O) groups is 2. The minimum atomic E-state index is -0.412. The Morgan fingerprint density at radius 2 is 1.73 bits per heavy atom. The van der Waals surface area contributed by atoms with E-state index in [1.165, 1.54) is 0 Å². The van der Waals surface area contributed by atoms with Crippen molar-refractivity contribution in [2.24, 2.45) is 0 Å². The summed E-state index contributed by atoms with van der Waals surface area (Å²) in [5.74, 6) is -0.813. The quantitative estimate of drug-likeness (QED) is 0.413. The minimum Gasteiger partial charge on any atom is -0.396 e. The summed E-state index contributed by atoms with van der Waals surface area (Å²) in [6, 6.07) is 15.0. The fourth-order valence-electron chi connectivity index (χ4n) is 4.07. The van der Waals surface area contributed by atoms with E-state index in [9.17, 15) is 9.59 Å². The molecule has 0 bridgehead atoms. The predicted octanol–water partition coefficient (Wildman–Crippen LogP) is 4.92. The van der Waals surface area contributed by atoms with Crippen molar-refractivity contribution in [1.29, 1.82) is 0 Å². The molecule has 30 heavy (non-hydrogen) atoms. The highest BCUT2D eigenvalue weighted by Crippen LogP contribution is 2.40. The van der Waals surface area contributed by atoms with Gasteiger partial charge in [-0.15, -0.1) is 0 Å². The molecule has 1 aromatic heterocycles. The first-order valence-electron chi connectivity index (χ1n) is 9.59. The molecule has 0 unspecified atom stereocenters. The number of aromatic amines is 1. The molecule has 3 aromatic carbocycles. The molecule has 0 fully saturated rings. The highest BCUT2D eigenvalue weighted by atomic mass is 35.5. The highest BCUT2D eigenvalue weighted by Gasteiger charge is 2.34. The number of benzene rings is 3. The van der Waals surface area contributed by atoms with Crippen molar-refractivity contribution in [3.05, 3.63) is 76.3 Å². The van der Waals surface area contributed by atoms with Crippen LogP contribution in [0.3, 0.4) is 0 Å². The SMILES string of the molecule is O=C1NC(=O)c2c1c(-c1ccccc1Cl)cc1[nH]c3cc(C=CCCO)ccc3c21. The van der Waals surface area contributed by atoms with Gasteiger partial charge in [-0.2, -0.15) is 0 Å². The highest BCUT2D eigenvalue weighted by molar-refractivity contribution is 6.36. The second-order valence-electron chi connectivity index (χ2n) is 7.20. The number of halogens is 1. The summed E-state index contributed by atoms with van der Waals surface area (Å²) in [5.41, 5.74) is 4.66. The number of fused-ring (bicyclic) bond motifs is 5. The number of H-pyrrole nitrogens is 1. The van der Waals surface area contributed by atoms with Gasteiger partial charge >= 0.3 is 0 Å².